The Hall–Kier alpha value is -0.640. The SMILES string of the molecule is CC(C)c1nc(Br)cc(N2CCC[C@H]3CCCC[C@H]32)n1. The second-order valence-corrected chi connectivity index (χ2v) is 7.32. The van der Waals surface area contributed by atoms with Gasteiger partial charge in [0.05, 0.1) is 0 Å². The Morgan fingerprint density at radius 1 is 1.15 bits per heavy atom. The van der Waals surface area contributed by atoms with E-state index in [0.717, 1.165) is 28.7 Å². The van der Waals surface area contributed by atoms with Crippen LogP contribution in [0.1, 0.15) is 64.1 Å². The smallest absolute Gasteiger partial charge is 0.134 e. The maximum atomic E-state index is 4.83. The van der Waals surface area contributed by atoms with E-state index in [1.54, 1.807) is 0 Å². The Labute approximate surface area is 130 Å². The molecule has 0 aromatic carbocycles. The Morgan fingerprint density at radius 3 is 2.70 bits per heavy atom. The standard InChI is InChI=1S/C16H24BrN3/c1-11(2)16-18-14(17)10-15(19-16)20-9-5-7-12-6-3-4-8-13(12)20/h10-13H,3-9H2,1-2H3/t12-,13-/m1/s1. The third-order valence-corrected chi connectivity index (χ3v) is 5.16. The molecule has 2 aliphatic rings. The fourth-order valence-corrected chi connectivity index (χ4v) is 4.12. The number of piperidine rings is 1. The van der Waals surface area contributed by atoms with Crippen molar-refractivity contribution >= 4 is 21.7 Å². The van der Waals surface area contributed by atoms with Crippen LogP contribution in [-0.4, -0.2) is 22.6 Å². The molecular weight excluding hydrogens is 314 g/mol. The molecule has 1 saturated heterocycles. The van der Waals surface area contributed by atoms with Gasteiger partial charge in [0, 0.05) is 24.6 Å². The minimum absolute atomic E-state index is 0.373. The summed E-state index contributed by atoms with van der Waals surface area (Å²) in [5.41, 5.74) is 0. The number of aromatic nitrogens is 2. The highest BCUT2D eigenvalue weighted by Gasteiger charge is 2.34. The van der Waals surface area contributed by atoms with E-state index in [-0.39, 0.29) is 0 Å². The zero-order valence-electron chi connectivity index (χ0n) is 12.5. The van der Waals surface area contributed by atoms with Gasteiger partial charge in [-0.1, -0.05) is 26.7 Å². The quantitative estimate of drug-likeness (QED) is 0.743. The van der Waals surface area contributed by atoms with Crippen LogP contribution in [0.3, 0.4) is 0 Å². The summed E-state index contributed by atoms with van der Waals surface area (Å²) in [6.45, 7) is 5.47. The molecule has 0 amide bonds. The zero-order valence-corrected chi connectivity index (χ0v) is 14.1. The summed E-state index contributed by atoms with van der Waals surface area (Å²) in [5, 5.41) is 0. The Morgan fingerprint density at radius 2 is 1.90 bits per heavy atom. The summed E-state index contributed by atoms with van der Waals surface area (Å²) in [6.07, 6.45) is 8.25. The second kappa shape index (κ2) is 6.00. The minimum Gasteiger partial charge on any atom is -0.353 e. The van der Waals surface area contributed by atoms with Crippen molar-refractivity contribution in [2.45, 2.75) is 64.3 Å². The van der Waals surface area contributed by atoms with Crippen molar-refractivity contribution in [3.63, 3.8) is 0 Å². The van der Waals surface area contributed by atoms with Crippen molar-refractivity contribution in [3.8, 4) is 0 Å². The lowest BCUT2D eigenvalue weighted by atomic mass is 9.78. The van der Waals surface area contributed by atoms with Crippen molar-refractivity contribution in [1.29, 1.82) is 0 Å². The summed E-state index contributed by atoms with van der Waals surface area (Å²) < 4.78 is 0.920. The summed E-state index contributed by atoms with van der Waals surface area (Å²) in [7, 11) is 0. The molecule has 2 fully saturated rings. The molecule has 0 unspecified atom stereocenters. The van der Waals surface area contributed by atoms with Crippen LogP contribution in [0.5, 0.6) is 0 Å². The van der Waals surface area contributed by atoms with Crippen LogP contribution < -0.4 is 4.90 Å². The first-order valence-corrected chi connectivity index (χ1v) is 8.75. The van der Waals surface area contributed by atoms with Gasteiger partial charge in [-0.2, -0.15) is 0 Å². The minimum atomic E-state index is 0.373. The van der Waals surface area contributed by atoms with Crippen molar-refractivity contribution < 1.29 is 0 Å². The average molecular weight is 338 g/mol. The predicted octanol–water partition coefficient (Wildman–Crippen LogP) is 4.52. The van der Waals surface area contributed by atoms with Gasteiger partial charge in [0.15, 0.2) is 0 Å². The lowest BCUT2D eigenvalue weighted by Crippen LogP contribution is -2.47. The summed E-state index contributed by atoms with van der Waals surface area (Å²) in [4.78, 5) is 11.9. The van der Waals surface area contributed by atoms with Gasteiger partial charge in [-0.15, -0.1) is 0 Å². The maximum absolute atomic E-state index is 4.83. The molecule has 3 rings (SSSR count). The van der Waals surface area contributed by atoms with Gasteiger partial charge in [0.1, 0.15) is 16.2 Å². The first-order chi connectivity index (χ1) is 9.65. The van der Waals surface area contributed by atoms with Crippen LogP contribution in [0.25, 0.3) is 0 Å². The largest absolute Gasteiger partial charge is 0.353 e. The van der Waals surface area contributed by atoms with Gasteiger partial charge in [0.25, 0.3) is 0 Å². The highest BCUT2D eigenvalue weighted by Crippen LogP contribution is 2.37. The molecule has 4 heteroatoms. The maximum Gasteiger partial charge on any atom is 0.134 e. The lowest BCUT2D eigenvalue weighted by Gasteiger charge is -2.44. The molecule has 0 spiro atoms. The molecule has 0 N–H and O–H groups in total. The molecule has 110 valence electrons. The van der Waals surface area contributed by atoms with Gasteiger partial charge >= 0.3 is 0 Å². The molecule has 1 aromatic heterocycles. The van der Waals surface area contributed by atoms with E-state index in [1.807, 2.05) is 0 Å². The Kier molecular flexibility index (Phi) is 4.29. The van der Waals surface area contributed by atoms with Gasteiger partial charge in [-0.25, -0.2) is 9.97 Å². The molecule has 0 radical (unpaired) electrons. The molecular formula is C16H24BrN3. The Balaban J connectivity index is 1.90. The van der Waals surface area contributed by atoms with Crippen molar-refractivity contribution in [2.24, 2.45) is 5.92 Å². The second-order valence-electron chi connectivity index (χ2n) is 6.51. The van der Waals surface area contributed by atoms with Crippen LogP contribution in [0.4, 0.5) is 5.82 Å². The number of hydrogen-bond donors (Lipinski definition) is 0. The van der Waals surface area contributed by atoms with E-state index in [2.05, 4.69) is 45.7 Å². The van der Waals surface area contributed by atoms with E-state index < -0.39 is 0 Å². The van der Waals surface area contributed by atoms with Gasteiger partial charge < -0.3 is 4.90 Å². The molecule has 1 aliphatic carbocycles. The number of fused-ring (bicyclic) bond motifs is 1. The van der Waals surface area contributed by atoms with Crippen LogP contribution in [0.2, 0.25) is 0 Å². The number of anilines is 1. The third-order valence-electron chi connectivity index (χ3n) is 4.75. The van der Waals surface area contributed by atoms with E-state index in [9.17, 15) is 0 Å². The third kappa shape index (κ3) is 2.85. The van der Waals surface area contributed by atoms with Crippen LogP contribution in [0, 0.1) is 5.92 Å². The van der Waals surface area contributed by atoms with Crippen LogP contribution in [-0.2, 0) is 0 Å². The number of hydrogen-bond acceptors (Lipinski definition) is 3. The van der Waals surface area contributed by atoms with E-state index >= 15 is 0 Å². The average Bonchev–Trinajstić information content (AvgIpc) is 2.46. The first kappa shape index (κ1) is 14.3. The molecule has 1 aliphatic heterocycles. The predicted molar refractivity (Wildman–Crippen MR) is 86.1 cm³/mol. The van der Waals surface area contributed by atoms with Gasteiger partial charge in [-0.3, -0.25) is 0 Å². The zero-order chi connectivity index (χ0) is 14.1. The highest BCUT2D eigenvalue weighted by atomic mass is 79.9. The van der Waals surface area contributed by atoms with Gasteiger partial charge in [0.2, 0.25) is 0 Å². The fourth-order valence-electron chi connectivity index (χ4n) is 3.74. The molecule has 1 saturated carbocycles. The molecule has 1 aromatic rings. The summed E-state index contributed by atoms with van der Waals surface area (Å²) >= 11 is 3.56. The lowest BCUT2D eigenvalue weighted by molar-refractivity contribution is 0.242. The normalized spacial score (nSPS) is 26.7. The topological polar surface area (TPSA) is 29.0 Å². The van der Waals surface area contributed by atoms with Crippen LogP contribution in [0.15, 0.2) is 10.7 Å². The van der Waals surface area contributed by atoms with Crippen molar-refractivity contribution in [1.82, 2.24) is 9.97 Å². The van der Waals surface area contributed by atoms with E-state index in [1.165, 1.54) is 38.5 Å². The Bertz CT molecular complexity index is 473. The molecule has 2 atom stereocenters. The molecule has 3 nitrogen and oxygen atoms in total. The number of halogens is 1. The molecule has 20 heavy (non-hydrogen) atoms. The monoisotopic (exact) mass is 337 g/mol. The molecule has 2 heterocycles. The number of nitrogens with zero attached hydrogens (tertiary/aromatic N) is 3. The summed E-state index contributed by atoms with van der Waals surface area (Å²) in [5.74, 6) is 3.34. The first-order valence-electron chi connectivity index (χ1n) is 7.96. The van der Waals surface area contributed by atoms with Gasteiger partial charge in [-0.05, 0) is 47.5 Å². The van der Waals surface area contributed by atoms with Crippen LogP contribution >= 0.6 is 15.9 Å². The van der Waals surface area contributed by atoms with E-state index in [4.69, 9.17) is 4.98 Å². The van der Waals surface area contributed by atoms with Crippen molar-refractivity contribution in [2.75, 3.05) is 11.4 Å². The van der Waals surface area contributed by atoms with E-state index in [0.29, 0.717) is 12.0 Å². The fraction of sp³-hybridized carbons (Fsp3) is 0.750. The van der Waals surface area contributed by atoms with Crippen molar-refractivity contribution in [3.05, 3.63) is 16.5 Å². The number of rotatable bonds is 2. The summed E-state index contributed by atoms with van der Waals surface area (Å²) in [6, 6.07) is 2.81. The molecule has 0 bridgehead atoms. The highest BCUT2D eigenvalue weighted by molar-refractivity contribution is 9.10.